The molecule has 1 aliphatic rings. The van der Waals surface area contributed by atoms with Crippen LogP contribution in [-0.2, 0) is 6.42 Å². The first-order valence-electron chi connectivity index (χ1n) is 8.63. The molecule has 9 heteroatoms. The molecule has 0 bridgehead atoms. The lowest BCUT2D eigenvalue weighted by atomic mass is 9.94. The van der Waals surface area contributed by atoms with Gasteiger partial charge in [-0.25, -0.2) is 0 Å². The van der Waals surface area contributed by atoms with Gasteiger partial charge in [-0.3, -0.25) is 9.59 Å². The van der Waals surface area contributed by atoms with Gasteiger partial charge in [-0.05, 0) is 36.3 Å². The van der Waals surface area contributed by atoms with Crippen molar-refractivity contribution in [1.29, 1.82) is 0 Å². The maximum atomic E-state index is 12.7. The molecule has 0 saturated carbocycles. The highest BCUT2D eigenvalue weighted by Crippen LogP contribution is 2.24. The van der Waals surface area contributed by atoms with E-state index in [4.69, 9.17) is 16.1 Å². The van der Waals surface area contributed by atoms with Crippen LogP contribution in [-0.4, -0.2) is 39.0 Å². The van der Waals surface area contributed by atoms with E-state index in [1.165, 1.54) is 12.3 Å². The number of nitrogens with one attached hydrogen (secondary N) is 1. The lowest BCUT2D eigenvalue weighted by Crippen LogP contribution is -2.40. The molecule has 1 aliphatic heterocycles. The Kier molecular flexibility index (Phi) is 5.09. The lowest BCUT2D eigenvalue weighted by Gasteiger charge is -2.32. The molecule has 1 atom stereocenters. The quantitative estimate of drug-likeness (QED) is 0.720. The molecule has 0 radical (unpaired) electrons. The summed E-state index contributed by atoms with van der Waals surface area (Å²) in [4.78, 5) is 32.8. The number of halogens is 1. The highest BCUT2D eigenvalue weighted by molar-refractivity contribution is 7.08. The first kappa shape index (κ1) is 17.9. The Morgan fingerprint density at radius 3 is 3.15 bits per heavy atom. The van der Waals surface area contributed by atoms with Gasteiger partial charge in [0.1, 0.15) is 5.02 Å². The van der Waals surface area contributed by atoms with Gasteiger partial charge in [-0.1, -0.05) is 16.8 Å². The molecular formula is C18H17ClN4O3S. The number of H-pyrrole nitrogens is 1. The average molecular weight is 405 g/mol. The van der Waals surface area contributed by atoms with E-state index in [1.807, 2.05) is 16.8 Å². The summed E-state index contributed by atoms with van der Waals surface area (Å²) in [6, 6.07) is 3.37. The van der Waals surface area contributed by atoms with Crippen LogP contribution in [0, 0.1) is 5.92 Å². The number of hydrogen-bond acceptors (Lipinski definition) is 6. The number of piperidine rings is 1. The highest BCUT2D eigenvalue weighted by atomic mass is 35.5. The second-order valence-electron chi connectivity index (χ2n) is 6.55. The SMILES string of the molecule is O=C(c1c[nH]c(=O)c(Cl)c1)N1CCCC(Cc2nc(-c3ccsc3)no2)C1. The van der Waals surface area contributed by atoms with Crippen LogP contribution in [0.2, 0.25) is 5.02 Å². The molecule has 1 fully saturated rings. The third-order valence-corrected chi connectivity index (χ3v) is 5.59. The Hall–Kier alpha value is -2.45. The monoisotopic (exact) mass is 404 g/mol. The van der Waals surface area contributed by atoms with Crippen LogP contribution < -0.4 is 5.56 Å². The molecule has 3 aromatic heterocycles. The molecule has 0 aliphatic carbocycles. The van der Waals surface area contributed by atoms with Gasteiger partial charge in [0, 0.05) is 36.7 Å². The molecule has 1 saturated heterocycles. The van der Waals surface area contributed by atoms with Crippen LogP contribution in [0.4, 0.5) is 0 Å². The summed E-state index contributed by atoms with van der Waals surface area (Å²) in [5, 5.41) is 8.00. The van der Waals surface area contributed by atoms with E-state index in [2.05, 4.69) is 15.1 Å². The van der Waals surface area contributed by atoms with E-state index >= 15 is 0 Å². The molecule has 3 aromatic rings. The Morgan fingerprint density at radius 2 is 2.37 bits per heavy atom. The summed E-state index contributed by atoms with van der Waals surface area (Å²) >= 11 is 7.42. The van der Waals surface area contributed by atoms with Crippen molar-refractivity contribution in [2.75, 3.05) is 13.1 Å². The lowest BCUT2D eigenvalue weighted by molar-refractivity contribution is 0.0667. The number of likely N-dealkylation sites (tertiary alicyclic amines) is 1. The van der Waals surface area contributed by atoms with Crippen molar-refractivity contribution in [3.63, 3.8) is 0 Å². The molecule has 4 rings (SSSR count). The summed E-state index contributed by atoms with van der Waals surface area (Å²) in [7, 11) is 0. The predicted molar refractivity (Wildman–Crippen MR) is 102 cm³/mol. The number of nitrogens with zero attached hydrogens (tertiary/aromatic N) is 3. The fourth-order valence-electron chi connectivity index (χ4n) is 3.27. The van der Waals surface area contributed by atoms with Crippen molar-refractivity contribution >= 4 is 28.8 Å². The maximum Gasteiger partial charge on any atom is 0.266 e. The zero-order valence-corrected chi connectivity index (χ0v) is 15.9. The van der Waals surface area contributed by atoms with Gasteiger partial charge >= 0.3 is 0 Å². The van der Waals surface area contributed by atoms with Gasteiger partial charge in [-0.2, -0.15) is 16.3 Å². The van der Waals surface area contributed by atoms with Crippen molar-refractivity contribution in [3.05, 3.63) is 55.9 Å². The first-order valence-corrected chi connectivity index (χ1v) is 9.95. The van der Waals surface area contributed by atoms with Crippen molar-refractivity contribution in [2.24, 2.45) is 5.92 Å². The predicted octanol–water partition coefficient (Wildman–Crippen LogP) is 3.23. The van der Waals surface area contributed by atoms with Gasteiger partial charge in [-0.15, -0.1) is 0 Å². The number of hydrogen-bond donors (Lipinski definition) is 1. The van der Waals surface area contributed by atoms with Crippen molar-refractivity contribution in [3.8, 4) is 11.4 Å². The van der Waals surface area contributed by atoms with Crippen molar-refractivity contribution in [1.82, 2.24) is 20.0 Å². The van der Waals surface area contributed by atoms with Crippen LogP contribution in [0.1, 0.15) is 29.1 Å². The number of rotatable bonds is 4. The number of carbonyl (C=O) groups is 1. The van der Waals surface area contributed by atoms with Gasteiger partial charge in [0.05, 0.1) is 5.56 Å². The number of amides is 1. The summed E-state index contributed by atoms with van der Waals surface area (Å²) in [5.74, 6) is 1.29. The first-order chi connectivity index (χ1) is 13.1. The fraction of sp³-hybridized carbons (Fsp3) is 0.333. The molecule has 1 amide bonds. The summed E-state index contributed by atoms with van der Waals surface area (Å²) in [5.41, 5.74) is 0.936. The summed E-state index contributed by atoms with van der Waals surface area (Å²) < 4.78 is 5.38. The third kappa shape index (κ3) is 3.96. The normalized spacial score (nSPS) is 17.2. The molecule has 0 spiro atoms. The number of pyridine rings is 1. The van der Waals surface area contributed by atoms with Gasteiger partial charge in [0.25, 0.3) is 11.5 Å². The molecule has 7 nitrogen and oxygen atoms in total. The maximum absolute atomic E-state index is 12.7. The minimum absolute atomic E-state index is 0.0150. The Balaban J connectivity index is 1.43. The van der Waals surface area contributed by atoms with Crippen LogP contribution in [0.3, 0.4) is 0 Å². The number of thiophene rings is 1. The zero-order valence-electron chi connectivity index (χ0n) is 14.4. The minimum atomic E-state index is -0.400. The second kappa shape index (κ2) is 7.66. The molecule has 27 heavy (non-hydrogen) atoms. The van der Waals surface area contributed by atoms with E-state index in [-0.39, 0.29) is 16.8 Å². The van der Waals surface area contributed by atoms with E-state index in [0.717, 1.165) is 18.4 Å². The minimum Gasteiger partial charge on any atom is -0.339 e. The van der Waals surface area contributed by atoms with Gasteiger partial charge in [0.15, 0.2) is 0 Å². The zero-order chi connectivity index (χ0) is 18.8. The van der Waals surface area contributed by atoms with Crippen molar-refractivity contribution < 1.29 is 9.32 Å². The smallest absolute Gasteiger partial charge is 0.266 e. The third-order valence-electron chi connectivity index (χ3n) is 4.62. The molecule has 1 unspecified atom stereocenters. The van der Waals surface area contributed by atoms with E-state index in [1.54, 1.807) is 16.2 Å². The second-order valence-corrected chi connectivity index (χ2v) is 7.74. The summed E-state index contributed by atoms with van der Waals surface area (Å²) in [6.45, 7) is 1.28. The number of carbonyl (C=O) groups excluding carboxylic acids is 1. The van der Waals surface area contributed by atoms with Crippen molar-refractivity contribution in [2.45, 2.75) is 19.3 Å². The van der Waals surface area contributed by atoms with E-state index in [9.17, 15) is 9.59 Å². The molecule has 140 valence electrons. The molecule has 0 aromatic carbocycles. The van der Waals surface area contributed by atoms with Crippen LogP contribution in [0.5, 0.6) is 0 Å². The van der Waals surface area contributed by atoms with Crippen LogP contribution in [0.15, 0.2) is 38.4 Å². The molecular weight excluding hydrogens is 388 g/mol. The Bertz CT molecular complexity index is 998. The topological polar surface area (TPSA) is 92.1 Å². The van der Waals surface area contributed by atoms with Gasteiger partial charge < -0.3 is 14.4 Å². The van der Waals surface area contributed by atoms with Crippen LogP contribution in [0.25, 0.3) is 11.4 Å². The van der Waals surface area contributed by atoms with Crippen LogP contribution >= 0.6 is 22.9 Å². The largest absolute Gasteiger partial charge is 0.339 e. The Morgan fingerprint density at radius 1 is 1.48 bits per heavy atom. The van der Waals surface area contributed by atoms with Gasteiger partial charge in [0.2, 0.25) is 11.7 Å². The fourth-order valence-corrected chi connectivity index (χ4v) is 4.08. The molecule has 4 heterocycles. The average Bonchev–Trinajstić information content (AvgIpc) is 3.35. The molecule has 1 N–H and O–H groups in total. The summed E-state index contributed by atoms with van der Waals surface area (Å²) in [6.07, 6.45) is 3.93. The number of aromatic nitrogens is 3. The van der Waals surface area contributed by atoms with E-state index < -0.39 is 5.56 Å². The number of aromatic amines is 1. The van der Waals surface area contributed by atoms with E-state index in [0.29, 0.717) is 36.8 Å². The Labute approximate surface area is 164 Å². The highest BCUT2D eigenvalue weighted by Gasteiger charge is 2.26. The standard InChI is InChI=1S/C18H17ClN4O3S/c19-14-7-13(8-20-17(14)24)18(25)23-4-1-2-11(9-23)6-15-21-16(22-26-15)12-3-5-27-10-12/h3,5,7-8,10-11H,1-2,4,6,9H2,(H,20,24).